The van der Waals surface area contributed by atoms with Crippen molar-refractivity contribution in [3.8, 4) is 11.5 Å². The number of rotatable bonds is 7. The first-order valence-electron chi connectivity index (χ1n) is 9.26. The molecule has 1 heterocycles. The van der Waals surface area contributed by atoms with Crippen molar-refractivity contribution < 1.29 is 27.4 Å². The van der Waals surface area contributed by atoms with E-state index in [1.54, 1.807) is 18.2 Å². The minimum absolute atomic E-state index is 0.0648. The number of hydrogen-bond acceptors (Lipinski definition) is 6. The van der Waals surface area contributed by atoms with Crippen molar-refractivity contribution in [1.82, 2.24) is 4.31 Å². The summed E-state index contributed by atoms with van der Waals surface area (Å²) >= 11 is 5.92. The summed E-state index contributed by atoms with van der Waals surface area (Å²) in [5, 5.41) is 3.23. The summed E-state index contributed by atoms with van der Waals surface area (Å²) in [6, 6.07) is 9.43. The molecule has 1 amide bonds. The van der Waals surface area contributed by atoms with Crippen LogP contribution in [0.4, 0.5) is 5.69 Å². The van der Waals surface area contributed by atoms with E-state index in [1.807, 2.05) is 6.92 Å². The second-order valence-corrected chi connectivity index (χ2v) is 9.00. The average molecular weight is 455 g/mol. The third-order valence-corrected chi connectivity index (χ3v) is 6.68. The zero-order chi connectivity index (χ0) is 21.7. The number of methoxy groups -OCH3 is 1. The first-order chi connectivity index (χ1) is 14.3. The lowest BCUT2D eigenvalue weighted by Crippen LogP contribution is -2.40. The van der Waals surface area contributed by atoms with Crippen LogP contribution in [0.1, 0.15) is 5.56 Å². The highest BCUT2D eigenvalue weighted by Crippen LogP contribution is 2.29. The predicted molar refractivity (Wildman–Crippen MR) is 113 cm³/mol. The van der Waals surface area contributed by atoms with E-state index in [0.717, 1.165) is 5.56 Å². The highest BCUT2D eigenvalue weighted by atomic mass is 35.5. The first kappa shape index (κ1) is 22.4. The highest BCUT2D eigenvalue weighted by molar-refractivity contribution is 7.89. The molecule has 2 aromatic carbocycles. The molecule has 1 aliphatic heterocycles. The molecule has 0 aliphatic carbocycles. The second kappa shape index (κ2) is 9.65. The number of nitrogens with zero attached hydrogens (tertiary/aromatic N) is 1. The van der Waals surface area contributed by atoms with Crippen molar-refractivity contribution in [2.24, 2.45) is 0 Å². The standard InChI is InChI=1S/C20H23ClN2O6S/c1-14-11-15(21)3-5-18(14)29-13-20(24)22-17-12-16(4-6-19(17)27-2)30(25,26)23-7-9-28-10-8-23/h3-6,11-12H,7-10,13H2,1-2H3,(H,22,24). The van der Waals surface area contributed by atoms with Crippen molar-refractivity contribution in [2.75, 3.05) is 45.3 Å². The summed E-state index contributed by atoms with van der Waals surface area (Å²) in [5.41, 5.74) is 1.04. The number of nitrogens with one attached hydrogen (secondary N) is 1. The largest absolute Gasteiger partial charge is 0.495 e. The molecule has 0 aromatic heterocycles. The van der Waals surface area contributed by atoms with E-state index in [1.165, 1.54) is 29.6 Å². The summed E-state index contributed by atoms with van der Waals surface area (Å²) in [6.07, 6.45) is 0. The number of carbonyl (C=O) groups is 1. The molecule has 0 unspecified atom stereocenters. The molecule has 0 saturated carbocycles. The van der Waals surface area contributed by atoms with Gasteiger partial charge in [0.05, 0.1) is 30.9 Å². The van der Waals surface area contributed by atoms with Crippen LogP contribution in [-0.4, -0.2) is 58.7 Å². The number of morpholine rings is 1. The van der Waals surface area contributed by atoms with Crippen LogP contribution >= 0.6 is 11.6 Å². The fourth-order valence-electron chi connectivity index (χ4n) is 2.99. The summed E-state index contributed by atoms with van der Waals surface area (Å²) in [4.78, 5) is 12.5. The smallest absolute Gasteiger partial charge is 0.262 e. The van der Waals surface area contributed by atoms with Gasteiger partial charge in [-0.1, -0.05) is 11.6 Å². The molecular weight excluding hydrogens is 432 g/mol. The van der Waals surface area contributed by atoms with E-state index in [9.17, 15) is 13.2 Å². The van der Waals surface area contributed by atoms with E-state index in [0.29, 0.717) is 29.7 Å². The van der Waals surface area contributed by atoms with E-state index in [4.69, 9.17) is 25.8 Å². The maximum Gasteiger partial charge on any atom is 0.262 e. The molecule has 1 N–H and O–H groups in total. The number of anilines is 1. The van der Waals surface area contributed by atoms with Crippen molar-refractivity contribution >= 4 is 33.2 Å². The van der Waals surface area contributed by atoms with Gasteiger partial charge in [0.15, 0.2) is 6.61 Å². The zero-order valence-electron chi connectivity index (χ0n) is 16.7. The van der Waals surface area contributed by atoms with E-state index in [-0.39, 0.29) is 30.3 Å². The summed E-state index contributed by atoms with van der Waals surface area (Å²) in [7, 11) is -2.27. The van der Waals surface area contributed by atoms with Gasteiger partial charge in [-0.15, -0.1) is 0 Å². The molecule has 0 spiro atoms. The molecule has 30 heavy (non-hydrogen) atoms. The van der Waals surface area contributed by atoms with Gasteiger partial charge in [-0.05, 0) is 48.9 Å². The number of carbonyl (C=O) groups excluding carboxylic acids is 1. The van der Waals surface area contributed by atoms with Crippen LogP contribution in [0, 0.1) is 6.92 Å². The van der Waals surface area contributed by atoms with Crippen LogP contribution < -0.4 is 14.8 Å². The maximum atomic E-state index is 12.9. The maximum absolute atomic E-state index is 12.9. The molecule has 10 heteroatoms. The van der Waals surface area contributed by atoms with Crippen LogP contribution in [0.15, 0.2) is 41.3 Å². The number of hydrogen-bond donors (Lipinski definition) is 1. The average Bonchev–Trinajstić information content (AvgIpc) is 2.73. The SMILES string of the molecule is COc1ccc(S(=O)(=O)N2CCOCC2)cc1NC(=O)COc1ccc(Cl)cc1C. The van der Waals surface area contributed by atoms with Gasteiger partial charge in [-0.3, -0.25) is 4.79 Å². The van der Waals surface area contributed by atoms with Crippen molar-refractivity contribution in [1.29, 1.82) is 0 Å². The number of benzene rings is 2. The Morgan fingerprint density at radius 1 is 1.17 bits per heavy atom. The van der Waals surface area contributed by atoms with Crippen molar-refractivity contribution in [3.63, 3.8) is 0 Å². The molecule has 162 valence electrons. The predicted octanol–water partition coefficient (Wildman–Crippen LogP) is 2.70. The Morgan fingerprint density at radius 3 is 2.53 bits per heavy atom. The molecular formula is C20H23ClN2O6S. The third-order valence-electron chi connectivity index (χ3n) is 4.55. The molecule has 1 fully saturated rings. The molecule has 2 aromatic rings. The lowest BCUT2D eigenvalue weighted by atomic mass is 10.2. The quantitative estimate of drug-likeness (QED) is 0.691. The summed E-state index contributed by atoms with van der Waals surface area (Å²) in [6.45, 7) is 2.82. The molecule has 0 atom stereocenters. The monoisotopic (exact) mass is 454 g/mol. The van der Waals surface area contributed by atoms with Crippen LogP contribution in [0.2, 0.25) is 5.02 Å². The van der Waals surface area contributed by atoms with Gasteiger partial charge in [-0.25, -0.2) is 8.42 Å². The number of ether oxygens (including phenoxy) is 3. The Morgan fingerprint density at radius 2 is 1.87 bits per heavy atom. The van der Waals surface area contributed by atoms with Gasteiger partial charge in [0, 0.05) is 18.1 Å². The van der Waals surface area contributed by atoms with Gasteiger partial charge in [-0.2, -0.15) is 4.31 Å². The minimum atomic E-state index is -3.71. The number of sulfonamides is 1. The molecule has 0 bridgehead atoms. The number of amides is 1. The van der Waals surface area contributed by atoms with Crippen LogP contribution in [0.5, 0.6) is 11.5 Å². The Bertz CT molecular complexity index is 1020. The molecule has 1 aliphatic rings. The Hall–Kier alpha value is -2.33. The van der Waals surface area contributed by atoms with Crippen molar-refractivity contribution in [2.45, 2.75) is 11.8 Å². The van der Waals surface area contributed by atoms with Gasteiger partial charge < -0.3 is 19.5 Å². The van der Waals surface area contributed by atoms with Gasteiger partial charge >= 0.3 is 0 Å². The fourth-order valence-corrected chi connectivity index (χ4v) is 4.65. The van der Waals surface area contributed by atoms with Gasteiger partial charge in [0.25, 0.3) is 5.91 Å². The van der Waals surface area contributed by atoms with Crippen LogP contribution in [0.25, 0.3) is 0 Å². The van der Waals surface area contributed by atoms with Crippen LogP contribution in [0.3, 0.4) is 0 Å². The number of halogens is 1. The molecule has 1 saturated heterocycles. The summed E-state index contributed by atoms with van der Waals surface area (Å²) in [5.74, 6) is 0.417. The van der Waals surface area contributed by atoms with Crippen LogP contribution in [-0.2, 0) is 19.6 Å². The lowest BCUT2D eigenvalue weighted by molar-refractivity contribution is -0.118. The van der Waals surface area contributed by atoms with Gasteiger partial charge in [0.1, 0.15) is 11.5 Å². The van der Waals surface area contributed by atoms with Gasteiger partial charge in [0.2, 0.25) is 10.0 Å². The Kier molecular flexibility index (Phi) is 7.19. The second-order valence-electron chi connectivity index (χ2n) is 6.63. The lowest BCUT2D eigenvalue weighted by Gasteiger charge is -2.26. The molecule has 3 rings (SSSR count). The molecule has 8 nitrogen and oxygen atoms in total. The zero-order valence-corrected chi connectivity index (χ0v) is 18.3. The highest BCUT2D eigenvalue weighted by Gasteiger charge is 2.27. The topological polar surface area (TPSA) is 94.2 Å². The van der Waals surface area contributed by atoms with E-state index in [2.05, 4.69) is 5.32 Å². The number of aryl methyl sites for hydroxylation is 1. The summed E-state index contributed by atoms with van der Waals surface area (Å²) < 4.78 is 43.1. The minimum Gasteiger partial charge on any atom is -0.495 e. The van der Waals surface area contributed by atoms with E-state index >= 15 is 0 Å². The van der Waals surface area contributed by atoms with E-state index < -0.39 is 15.9 Å². The normalized spacial score (nSPS) is 14.9. The Labute approximate surface area is 180 Å². The Balaban J connectivity index is 1.74. The van der Waals surface area contributed by atoms with Crippen molar-refractivity contribution in [3.05, 3.63) is 47.0 Å². The molecule has 0 radical (unpaired) electrons. The fraction of sp³-hybridized carbons (Fsp3) is 0.350. The first-order valence-corrected chi connectivity index (χ1v) is 11.1. The third kappa shape index (κ3) is 5.23.